The molecule has 5 aliphatic rings. The van der Waals surface area contributed by atoms with Gasteiger partial charge in [-0.2, -0.15) is 0 Å². The lowest BCUT2D eigenvalue weighted by Crippen LogP contribution is -3.28. The Bertz CT molecular complexity index is 700. The smallest absolute Gasteiger partial charge is 0.275 e. The summed E-state index contributed by atoms with van der Waals surface area (Å²) in [7, 11) is 0. The highest BCUT2D eigenvalue weighted by Crippen LogP contribution is 2.55. The summed E-state index contributed by atoms with van der Waals surface area (Å²) in [4.78, 5) is 16.0. The second kappa shape index (κ2) is 8.23. The van der Waals surface area contributed by atoms with Crippen molar-refractivity contribution in [3.05, 3.63) is 42.0 Å². The van der Waals surface area contributed by atoms with Gasteiger partial charge in [0.05, 0.1) is 6.54 Å². The summed E-state index contributed by atoms with van der Waals surface area (Å²) in [6, 6.07) is 10.5. The molecule has 6 rings (SSSR count). The van der Waals surface area contributed by atoms with Crippen LogP contribution in [0.25, 0.3) is 6.08 Å². The third kappa shape index (κ3) is 4.59. The quantitative estimate of drug-likeness (QED) is 0.647. The molecular formula is C25H37N3O+2. The van der Waals surface area contributed by atoms with Crippen LogP contribution in [0.5, 0.6) is 0 Å². The number of amides is 1. The van der Waals surface area contributed by atoms with Gasteiger partial charge in [-0.3, -0.25) is 4.79 Å². The van der Waals surface area contributed by atoms with Gasteiger partial charge in [-0.05, 0) is 67.9 Å². The molecule has 4 bridgehead atoms. The third-order valence-corrected chi connectivity index (χ3v) is 8.03. The summed E-state index contributed by atoms with van der Waals surface area (Å²) in [5.74, 6) is 2.99. The lowest BCUT2D eigenvalue weighted by molar-refractivity contribution is -1.01. The van der Waals surface area contributed by atoms with Crippen LogP contribution < -0.4 is 15.1 Å². The zero-order valence-electron chi connectivity index (χ0n) is 17.7. The Morgan fingerprint density at radius 2 is 1.52 bits per heavy atom. The summed E-state index contributed by atoms with van der Waals surface area (Å²) >= 11 is 0. The van der Waals surface area contributed by atoms with Crippen molar-refractivity contribution in [2.75, 3.05) is 39.3 Å². The second-order valence-corrected chi connectivity index (χ2v) is 10.4. The summed E-state index contributed by atoms with van der Waals surface area (Å²) in [5.41, 5.74) is 1.44. The van der Waals surface area contributed by atoms with Gasteiger partial charge in [0.15, 0.2) is 6.54 Å². The number of carbonyl (C=O) groups is 1. The Morgan fingerprint density at radius 3 is 2.14 bits per heavy atom. The highest BCUT2D eigenvalue weighted by Gasteiger charge is 2.51. The predicted molar refractivity (Wildman–Crippen MR) is 116 cm³/mol. The molecule has 1 saturated heterocycles. The molecule has 4 nitrogen and oxygen atoms in total. The molecule has 4 heteroatoms. The normalized spacial score (nSPS) is 38.4. The van der Waals surface area contributed by atoms with Crippen molar-refractivity contribution in [3.63, 3.8) is 0 Å². The topological polar surface area (TPSA) is 38.0 Å². The van der Waals surface area contributed by atoms with Gasteiger partial charge in [0, 0.05) is 5.54 Å². The molecule has 0 radical (unpaired) electrons. The van der Waals surface area contributed by atoms with E-state index in [2.05, 4.69) is 47.8 Å². The Morgan fingerprint density at radius 1 is 0.931 bits per heavy atom. The summed E-state index contributed by atoms with van der Waals surface area (Å²) in [6.45, 7) is 6.32. The maximum Gasteiger partial charge on any atom is 0.275 e. The van der Waals surface area contributed by atoms with Gasteiger partial charge >= 0.3 is 0 Å². The number of hydrogen-bond donors (Lipinski definition) is 3. The average molecular weight is 396 g/mol. The standard InChI is InChI=1S/C25H35N3O/c29-24(26-25-16-21-13-22(17-25)15-23(14-21)18-25)19-28-11-9-27(10-12-28)8-4-7-20-5-2-1-3-6-20/h1-7,21-23H,8-19H2,(H,26,29)/p+2/b7-4+. The molecule has 3 N–H and O–H groups in total. The first-order valence-electron chi connectivity index (χ1n) is 11.9. The van der Waals surface area contributed by atoms with Crippen LogP contribution in [0.15, 0.2) is 36.4 Å². The molecule has 156 valence electrons. The molecular weight excluding hydrogens is 358 g/mol. The number of piperazine rings is 1. The van der Waals surface area contributed by atoms with Crippen molar-refractivity contribution in [1.29, 1.82) is 0 Å². The molecule has 4 saturated carbocycles. The Kier molecular flexibility index (Phi) is 5.49. The summed E-state index contributed by atoms with van der Waals surface area (Å²) in [5, 5.41) is 3.56. The van der Waals surface area contributed by atoms with Crippen LogP contribution >= 0.6 is 0 Å². The van der Waals surface area contributed by atoms with Gasteiger partial charge in [-0.1, -0.05) is 36.4 Å². The largest absolute Gasteiger partial charge is 0.346 e. The number of benzene rings is 1. The zero-order valence-corrected chi connectivity index (χ0v) is 17.7. The van der Waals surface area contributed by atoms with Gasteiger partial charge in [0.25, 0.3) is 5.91 Å². The molecule has 1 aromatic carbocycles. The molecule has 29 heavy (non-hydrogen) atoms. The Balaban J connectivity index is 1.05. The van der Waals surface area contributed by atoms with Crippen LogP contribution in [-0.2, 0) is 4.79 Å². The lowest BCUT2D eigenvalue weighted by Gasteiger charge is -2.56. The van der Waals surface area contributed by atoms with Crippen molar-refractivity contribution in [2.24, 2.45) is 17.8 Å². The van der Waals surface area contributed by atoms with Gasteiger partial charge in [-0.25, -0.2) is 0 Å². The molecule has 0 unspecified atom stereocenters. The van der Waals surface area contributed by atoms with E-state index in [0.29, 0.717) is 12.5 Å². The minimum Gasteiger partial charge on any atom is -0.346 e. The van der Waals surface area contributed by atoms with E-state index in [4.69, 9.17) is 0 Å². The first-order valence-corrected chi connectivity index (χ1v) is 11.9. The number of carbonyl (C=O) groups excluding carboxylic acids is 1. The van der Waals surface area contributed by atoms with Crippen molar-refractivity contribution >= 4 is 12.0 Å². The molecule has 4 aliphatic carbocycles. The first kappa shape index (κ1) is 19.3. The van der Waals surface area contributed by atoms with E-state index in [1.165, 1.54) is 62.1 Å². The molecule has 1 heterocycles. The van der Waals surface area contributed by atoms with Crippen LogP contribution in [0, 0.1) is 17.8 Å². The van der Waals surface area contributed by atoms with E-state index in [9.17, 15) is 4.79 Å². The summed E-state index contributed by atoms with van der Waals surface area (Å²) < 4.78 is 0. The highest BCUT2D eigenvalue weighted by molar-refractivity contribution is 5.77. The van der Waals surface area contributed by atoms with Crippen molar-refractivity contribution in [2.45, 2.75) is 44.1 Å². The van der Waals surface area contributed by atoms with Crippen LogP contribution in [-0.4, -0.2) is 50.7 Å². The Hall–Kier alpha value is -1.65. The zero-order chi connectivity index (χ0) is 19.7. The SMILES string of the molecule is O=C(C[NH+]1CC[NH+](C/C=C/c2ccccc2)CC1)NC12CC3CC(CC(C3)C1)C2. The molecule has 5 fully saturated rings. The monoisotopic (exact) mass is 395 g/mol. The van der Waals surface area contributed by atoms with Crippen LogP contribution in [0.4, 0.5) is 0 Å². The fraction of sp³-hybridized carbons (Fsp3) is 0.640. The fourth-order valence-corrected chi connectivity index (χ4v) is 7.09. The van der Waals surface area contributed by atoms with Crippen molar-refractivity contribution < 1.29 is 14.6 Å². The van der Waals surface area contributed by atoms with E-state index >= 15 is 0 Å². The second-order valence-electron chi connectivity index (χ2n) is 10.4. The minimum atomic E-state index is 0.167. The number of quaternary nitrogens is 2. The third-order valence-electron chi connectivity index (χ3n) is 8.03. The van der Waals surface area contributed by atoms with Crippen LogP contribution in [0.2, 0.25) is 0 Å². The molecule has 0 aromatic heterocycles. The molecule has 1 aliphatic heterocycles. The molecule has 1 amide bonds. The highest BCUT2D eigenvalue weighted by atomic mass is 16.2. The summed E-state index contributed by atoms with van der Waals surface area (Å²) in [6.07, 6.45) is 12.6. The van der Waals surface area contributed by atoms with Gasteiger partial charge < -0.3 is 15.1 Å². The first-order chi connectivity index (χ1) is 14.2. The molecule has 0 atom stereocenters. The lowest BCUT2D eigenvalue weighted by atomic mass is 9.53. The maximum atomic E-state index is 12.9. The van der Waals surface area contributed by atoms with E-state index in [0.717, 1.165) is 37.4 Å². The predicted octanol–water partition coefficient (Wildman–Crippen LogP) is 0.568. The van der Waals surface area contributed by atoms with Gasteiger partial charge in [-0.15, -0.1) is 0 Å². The van der Waals surface area contributed by atoms with E-state index in [1.54, 1.807) is 4.90 Å². The number of nitrogens with one attached hydrogen (secondary N) is 3. The van der Waals surface area contributed by atoms with Crippen molar-refractivity contribution in [1.82, 2.24) is 5.32 Å². The van der Waals surface area contributed by atoms with E-state index < -0.39 is 0 Å². The average Bonchev–Trinajstić information content (AvgIpc) is 2.68. The van der Waals surface area contributed by atoms with Crippen LogP contribution in [0.3, 0.4) is 0 Å². The van der Waals surface area contributed by atoms with Crippen LogP contribution in [0.1, 0.15) is 44.1 Å². The molecule has 0 spiro atoms. The Labute approximate surface area is 175 Å². The van der Waals surface area contributed by atoms with Gasteiger partial charge in [0.2, 0.25) is 0 Å². The van der Waals surface area contributed by atoms with Crippen molar-refractivity contribution in [3.8, 4) is 0 Å². The fourth-order valence-electron chi connectivity index (χ4n) is 7.09. The molecule has 1 aromatic rings. The van der Waals surface area contributed by atoms with Gasteiger partial charge in [0.1, 0.15) is 26.2 Å². The van der Waals surface area contributed by atoms with E-state index in [-0.39, 0.29) is 5.54 Å². The van der Waals surface area contributed by atoms with E-state index in [1.807, 2.05) is 0 Å². The minimum absolute atomic E-state index is 0.167. The number of rotatable bonds is 6. The number of hydrogen-bond acceptors (Lipinski definition) is 1. The maximum absolute atomic E-state index is 12.9.